The van der Waals surface area contributed by atoms with E-state index in [4.69, 9.17) is 0 Å². The molecule has 0 bridgehead atoms. The summed E-state index contributed by atoms with van der Waals surface area (Å²) in [6, 6.07) is 8.20. The van der Waals surface area contributed by atoms with Crippen LogP contribution in [0.25, 0.3) is 0 Å². The monoisotopic (exact) mass is 199 g/mol. The standard InChI is InChI=1S/C8H9NO3S/c1-13(11,12)8(9-10)7-5-3-2-4-6-7/h2-6,8H,1H3. The predicted molar refractivity (Wildman–Crippen MR) is 49.8 cm³/mol. The third-order valence-electron chi connectivity index (χ3n) is 1.59. The zero-order chi connectivity index (χ0) is 9.90. The van der Waals surface area contributed by atoms with Crippen LogP contribution in [0.3, 0.4) is 0 Å². The maximum Gasteiger partial charge on any atom is 0.217 e. The van der Waals surface area contributed by atoms with Crippen molar-refractivity contribution in [2.75, 3.05) is 6.26 Å². The van der Waals surface area contributed by atoms with Crippen molar-refractivity contribution in [2.45, 2.75) is 5.37 Å². The minimum atomic E-state index is -3.45. The number of nitrogens with zero attached hydrogens (tertiary/aromatic N) is 1. The molecule has 70 valence electrons. The molecule has 4 nitrogen and oxygen atoms in total. The van der Waals surface area contributed by atoms with Crippen molar-refractivity contribution in [1.82, 2.24) is 0 Å². The molecule has 1 unspecified atom stereocenters. The van der Waals surface area contributed by atoms with Gasteiger partial charge < -0.3 is 0 Å². The fourth-order valence-corrected chi connectivity index (χ4v) is 1.81. The highest BCUT2D eigenvalue weighted by Gasteiger charge is 2.22. The molecule has 1 atom stereocenters. The molecule has 0 saturated heterocycles. The van der Waals surface area contributed by atoms with E-state index in [0.29, 0.717) is 5.56 Å². The highest BCUT2D eigenvalue weighted by molar-refractivity contribution is 7.90. The summed E-state index contributed by atoms with van der Waals surface area (Å²) in [6.07, 6.45) is 0.992. The first-order valence-electron chi connectivity index (χ1n) is 3.62. The summed E-state index contributed by atoms with van der Waals surface area (Å²) in [5.41, 5.74) is 0.403. The van der Waals surface area contributed by atoms with Gasteiger partial charge in [0.25, 0.3) is 0 Å². The zero-order valence-electron chi connectivity index (χ0n) is 7.04. The molecule has 0 N–H and O–H groups in total. The van der Waals surface area contributed by atoms with Crippen LogP contribution < -0.4 is 0 Å². The summed E-state index contributed by atoms with van der Waals surface area (Å²) < 4.78 is 22.1. The van der Waals surface area contributed by atoms with Gasteiger partial charge in [0.15, 0.2) is 9.84 Å². The number of hydrogen-bond acceptors (Lipinski definition) is 4. The van der Waals surface area contributed by atoms with Crippen LogP contribution >= 0.6 is 0 Å². The Balaban J connectivity index is 3.13. The van der Waals surface area contributed by atoms with E-state index in [9.17, 15) is 13.3 Å². The molecule has 0 aromatic heterocycles. The maximum atomic E-state index is 11.1. The molecule has 1 aromatic carbocycles. The van der Waals surface area contributed by atoms with Gasteiger partial charge in [-0.05, 0) is 10.7 Å². The summed E-state index contributed by atoms with van der Waals surface area (Å²) in [7, 11) is -3.45. The largest absolute Gasteiger partial charge is 0.226 e. The first-order valence-corrected chi connectivity index (χ1v) is 5.57. The Kier molecular flexibility index (Phi) is 2.77. The van der Waals surface area contributed by atoms with Crippen LogP contribution in [0.4, 0.5) is 0 Å². The Bertz CT molecular complexity index is 385. The molecule has 0 aliphatic heterocycles. The van der Waals surface area contributed by atoms with Crippen molar-refractivity contribution in [2.24, 2.45) is 5.18 Å². The van der Waals surface area contributed by atoms with Crippen molar-refractivity contribution in [3.8, 4) is 0 Å². The van der Waals surface area contributed by atoms with Gasteiger partial charge >= 0.3 is 0 Å². The second-order valence-corrected chi connectivity index (χ2v) is 4.80. The average Bonchev–Trinajstić information content (AvgIpc) is 2.05. The highest BCUT2D eigenvalue weighted by Crippen LogP contribution is 2.21. The van der Waals surface area contributed by atoms with Crippen molar-refractivity contribution in [3.63, 3.8) is 0 Å². The number of rotatable bonds is 3. The van der Waals surface area contributed by atoms with Gasteiger partial charge in [0, 0.05) is 6.26 Å². The van der Waals surface area contributed by atoms with E-state index in [2.05, 4.69) is 5.18 Å². The highest BCUT2D eigenvalue weighted by atomic mass is 32.2. The third-order valence-corrected chi connectivity index (χ3v) is 2.76. The molecule has 0 amide bonds. The molecule has 0 radical (unpaired) electrons. The molecule has 5 heteroatoms. The van der Waals surface area contributed by atoms with Crippen LogP contribution in [0.15, 0.2) is 35.5 Å². The number of hydrogen-bond donors (Lipinski definition) is 0. The van der Waals surface area contributed by atoms with E-state index in [1.165, 1.54) is 0 Å². The lowest BCUT2D eigenvalue weighted by molar-refractivity contribution is 0.590. The van der Waals surface area contributed by atoms with Crippen LogP contribution in [0.1, 0.15) is 10.9 Å². The number of nitroso groups, excluding NO2 is 1. The zero-order valence-corrected chi connectivity index (χ0v) is 7.86. The van der Waals surface area contributed by atoms with Crippen LogP contribution in [0, 0.1) is 4.91 Å². The van der Waals surface area contributed by atoms with E-state index < -0.39 is 15.2 Å². The normalized spacial score (nSPS) is 13.6. The van der Waals surface area contributed by atoms with E-state index in [1.807, 2.05) is 0 Å². The average molecular weight is 199 g/mol. The maximum absolute atomic E-state index is 11.1. The van der Waals surface area contributed by atoms with Crippen molar-refractivity contribution in [3.05, 3.63) is 40.8 Å². The van der Waals surface area contributed by atoms with Crippen molar-refractivity contribution >= 4 is 9.84 Å². The Hall–Kier alpha value is -1.23. The Morgan fingerprint density at radius 2 is 1.77 bits per heavy atom. The molecule has 0 heterocycles. The van der Waals surface area contributed by atoms with Gasteiger partial charge in [0.1, 0.15) is 0 Å². The van der Waals surface area contributed by atoms with Gasteiger partial charge in [-0.1, -0.05) is 30.3 Å². The van der Waals surface area contributed by atoms with Gasteiger partial charge in [-0.25, -0.2) is 8.42 Å². The lowest BCUT2D eigenvalue weighted by atomic mass is 10.2. The van der Waals surface area contributed by atoms with Gasteiger partial charge in [-0.3, -0.25) is 0 Å². The van der Waals surface area contributed by atoms with Gasteiger partial charge in [0.2, 0.25) is 5.37 Å². The molecular weight excluding hydrogens is 190 g/mol. The second kappa shape index (κ2) is 3.66. The molecule has 13 heavy (non-hydrogen) atoms. The second-order valence-electron chi connectivity index (χ2n) is 2.70. The molecular formula is C8H9NO3S. The Morgan fingerprint density at radius 1 is 1.23 bits per heavy atom. The molecule has 0 aliphatic carbocycles. The Morgan fingerprint density at radius 3 is 2.15 bits per heavy atom. The summed E-state index contributed by atoms with van der Waals surface area (Å²) >= 11 is 0. The lowest BCUT2D eigenvalue weighted by Gasteiger charge is -2.05. The van der Waals surface area contributed by atoms with Crippen LogP contribution in [-0.4, -0.2) is 14.7 Å². The van der Waals surface area contributed by atoms with E-state index >= 15 is 0 Å². The summed E-state index contributed by atoms with van der Waals surface area (Å²) in [6.45, 7) is 0. The topological polar surface area (TPSA) is 63.6 Å². The third kappa shape index (κ3) is 2.35. The van der Waals surface area contributed by atoms with E-state index in [1.54, 1.807) is 30.3 Å². The fourth-order valence-electron chi connectivity index (χ4n) is 1.00. The number of sulfone groups is 1. The quantitative estimate of drug-likeness (QED) is 0.693. The fraction of sp³-hybridized carbons (Fsp3) is 0.250. The molecule has 0 fully saturated rings. The minimum absolute atomic E-state index is 0.403. The minimum Gasteiger partial charge on any atom is -0.226 e. The molecule has 0 aliphatic rings. The predicted octanol–water partition coefficient (Wildman–Crippen LogP) is 1.50. The van der Waals surface area contributed by atoms with Crippen LogP contribution in [0.2, 0.25) is 0 Å². The van der Waals surface area contributed by atoms with Gasteiger partial charge in [-0.2, -0.15) is 0 Å². The molecule has 1 aromatic rings. The van der Waals surface area contributed by atoms with Crippen molar-refractivity contribution < 1.29 is 8.42 Å². The summed E-state index contributed by atoms with van der Waals surface area (Å²) in [4.78, 5) is 10.3. The van der Waals surface area contributed by atoms with E-state index in [0.717, 1.165) is 6.26 Å². The molecule has 0 spiro atoms. The van der Waals surface area contributed by atoms with E-state index in [-0.39, 0.29) is 0 Å². The summed E-state index contributed by atoms with van der Waals surface area (Å²) in [5, 5.41) is 1.31. The first kappa shape index (κ1) is 9.85. The molecule has 0 saturated carbocycles. The van der Waals surface area contributed by atoms with Crippen LogP contribution in [-0.2, 0) is 9.84 Å². The van der Waals surface area contributed by atoms with Crippen LogP contribution in [0.5, 0.6) is 0 Å². The molecule has 1 rings (SSSR count). The Labute approximate surface area is 76.5 Å². The SMILES string of the molecule is CS(=O)(=O)C(N=O)c1ccccc1. The van der Waals surface area contributed by atoms with Gasteiger partial charge in [0.05, 0.1) is 0 Å². The first-order chi connectivity index (χ1) is 6.05. The lowest BCUT2D eigenvalue weighted by Crippen LogP contribution is -2.08. The smallest absolute Gasteiger partial charge is 0.217 e. The van der Waals surface area contributed by atoms with Crippen molar-refractivity contribution in [1.29, 1.82) is 0 Å². The number of benzene rings is 1. The van der Waals surface area contributed by atoms with Gasteiger partial charge in [-0.15, -0.1) is 4.91 Å². The summed E-state index contributed by atoms with van der Waals surface area (Å²) in [5.74, 6) is 0.